The molecule has 0 saturated carbocycles. The lowest BCUT2D eigenvalue weighted by atomic mass is 10.4. The van der Waals surface area contributed by atoms with Crippen LogP contribution in [-0.2, 0) is 18.9 Å². The summed E-state index contributed by atoms with van der Waals surface area (Å²) in [6, 6.07) is 0. The minimum atomic E-state index is -0.168. The first-order chi connectivity index (χ1) is 8.28. The van der Waals surface area contributed by atoms with Gasteiger partial charge in [-0.3, -0.25) is 4.90 Å². The molecule has 0 N–H and O–H groups in total. The third kappa shape index (κ3) is 9.50. The van der Waals surface area contributed by atoms with E-state index in [9.17, 15) is 0 Å². The number of methoxy groups -OCH3 is 2. The number of hydrogen-bond acceptors (Lipinski definition) is 5. The van der Waals surface area contributed by atoms with Crippen molar-refractivity contribution in [1.29, 1.82) is 0 Å². The van der Waals surface area contributed by atoms with Crippen LogP contribution in [0.2, 0.25) is 0 Å². The third-order valence-corrected chi connectivity index (χ3v) is 2.34. The van der Waals surface area contributed by atoms with Crippen molar-refractivity contribution in [1.82, 2.24) is 4.90 Å². The average Bonchev–Trinajstić information content (AvgIpc) is 2.33. The smallest absolute Gasteiger partial charge is 0.170 e. The molecule has 17 heavy (non-hydrogen) atoms. The molecule has 0 aliphatic rings. The lowest BCUT2D eigenvalue weighted by Crippen LogP contribution is -2.39. The maximum absolute atomic E-state index is 5.53. The van der Waals surface area contributed by atoms with Crippen LogP contribution in [0, 0.1) is 0 Å². The van der Waals surface area contributed by atoms with Gasteiger partial charge in [-0.15, -0.1) is 0 Å². The summed E-state index contributed by atoms with van der Waals surface area (Å²) in [7, 11) is 3.41. The molecule has 0 unspecified atom stereocenters. The zero-order chi connectivity index (χ0) is 12.9. The van der Waals surface area contributed by atoms with Gasteiger partial charge in [0.2, 0.25) is 0 Å². The Labute approximate surface area is 105 Å². The van der Waals surface area contributed by atoms with E-state index < -0.39 is 0 Å². The number of rotatable bonds is 12. The molecule has 0 radical (unpaired) electrons. The number of hydrogen-bond donors (Lipinski definition) is 0. The van der Waals surface area contributed by atoms with Crippen LogP contribution in [0.15, 0.2) is 0 Å². The highest BCUT2D eigenvalue weighted by molar-refractivity contribution is 4.60. The molecule has 0 aliphatic heterocycles. The van der Waals surface area contributed by atoms with Crippen LogP contribution in [0.4, 0.5) is 0 Å². The van der Waals surface area contributed by atoms with Crippen LogP contribution >= 0.6 is 0 Å². The van der Waals surface area contributed by atoms with Crippen LogP contribution in [0.3, 0.4) is 0 Å². The van der Waals surface area contributed by atoms with E-state index in [1.807, 2.05) is 13.8 Å². The van der Waals surface area contributed by atoms with Gasteiger partial charge in [-0.25, -0.2) is 0 Å². The molecule has 0 atom stereocenters. The fourth-order valence-electron chi connectivity index (χ4n) is 1.47. The summed E-state index contributed by atoms with van der Waals surface area (Å²) in [4.78, 5) is 2.23. The summed E-state index contributed by atoms with van der Waals surface area (Å²) in [6.07, 6.45) is -0.168. The Morgan fingerprint density at radius 3 is 1.71 bits per heavy atom. The Balaban J connectivity index is 4.04. The Kier molecular flexibility index (Phi) is 12.1. The molecule has 5 heteroatoms. The van der Waals surface area contributed by atoms with E-state index in [2.05, 4.69) is 4.90 Å². The van der Waals surface area contributed by atoms with Gasteiger partial charge in [0.15, 0.2) is 6.29 Å². The zero-order valence-electron chi connectivity index (χ0n) is 11.6. The molecule has 0 aromatic heterocycles. The summed E-state index contributed by atoms with van der Waals surface area (Å²) in [6.45, 7) is 9.13. The van der Waals surface area contributed by atoms with Crippen molar-refractivity contribution in [2.45, 2.75) is 20.1 Å². The van der Waals surface area contributed by atoms with Gasteiger partial charge >= 0.3 is 0 Å². The third-order valence-electron chi connectivity index (χ3n) is 2.34. The van der Waals surface area contributed by atoms with Crippen LogP contribution in [0.25, 0.3) is 0 Å². The second-order valence-corrected chi connectivity index (χ2v) is 3.63. The van der Waals surface area contributed by atoms with Crippen LogP contribution in [0.5, 0.6) is 0 Å². The van der Waals surface area contributed by atoms with Gasteiger partial charge in [0.25, 0.3) is 0 Å². The van der Waals surface area contributed by atoms with Crippen LogP contribution < -0.4 is 0 Å². The highest BCUT2D eigenvalue weighted by Crippen LogP contribution is 2.00. The summed E-state index contributed by atoms with van der Waals surface area (Å²) < 4.78 is 21.2. The summed E-state index contributed by atoms with van der Waals surface area (Å²) >= 11 is 0. The first-order valence-corrected chi connectivity index (χ1v) is 6.21. The number of nitrogens with zero attached hydrogens (tertiary/aromatic N) is 1. The molecule has 5 nitrogen and oxygen atoms in total. The van der Waals surface area contributed by atoms with E-state index >= 15 is 0 Å². The van der Waals surface area contributed by atoms with Gasteiger partial charge in [0.05, 0.1) is 13.2 Å². The molecular weight excluding hydrogens is 222 g/mol. The summed E-state index contributed by atoms with van der Waals surface area (Å²) in [5, 5.41) is 0. The Bertz CT molecular complexity index is 143. The molecule has 0 fully saturated rings. The Hall–Kier alpha value is -0.200. The molecule has 0 amide bonds. The van der Waals surface area contributed by atoms with Crippen molar-refractivity contribution in [3.05, 3.63) is 0 Å². The van der Waals surface area contributed by atoms with Crippen molar-refractivity contribution >= 4 is 0 Å². The van der Waals surface area contributed by atoms with Crippen LogP contribution in [-0.4, -0.2) is 71.5 Å². The van der Waals surface area contributed by atoms with Gasteiger partial charge in [-0.1, -0.05) is 0 Å². The fraction of sp³-hybridized carbons (Fsp3) is 1.00. The summed E-state index contributed by atoms with van der Waals surface area (Å²) in [5.74, 6) is 0. The van der Waals surface area contributed by atoms with Gasteiger partial charge in [0, 0.05) is 47.1 Å². The molecular formula is C12H27NO4. The highest BCUT2D eigenvalue weighted by atomic mass is 16.7. The van der Waals surface area contributed by atoms with Crippen molar-refractivity contribution in [2.75, 3.05) is 60.3 Å². The normalized spacial score (nSPS) is 11.6. The van der Waals surface area contributed by atoms with Gasteiger partial charge in [0.1, 0.15) is 0 Å². The lowest BCUT2D eigenvalue weighted by Gasteiger charge is -2.26. The quantitative estimate of drug-likeness (QED) is 0.482. The predicted octanol–water partition coefficient (Wildman–Crippen LogP) is 0.980. The van der Waals surface area contributed by atoms with Gasteiger partial charge in [-0.05, 0) is 13.8 Å². The zero-order valence-corrected chi connectivity index (χ0v) is 11.6. The average molecular weight is 249 g/mol. The molecule has 0 heterocycles. The van der Waals surface area contributed by atoms with Gasteiger partial charge in [-0.2, -0.15) is 0 Å². The topological polar surface area (TPSA) is 40.2 Å². The molecule has 0 rings (SSSR count). The van der Waals surface area contributed by atoms with E-state index in [1.54, 1.807) is 14.2 Å². The van der Waals surface area contributed by atoms with Crippen molar-refractivity contribution in [2.24, 2.45) is 0 Å². The first-order valence-electron chi connectivity index (χ1n) is 6.21. The van der Waals surface area contributed by atoms with Gasteiger partial charge < -0.3 is 18.9 Å². The van der Waals surface area contributed by atoms with Crippen molar-refractivity contribution < 1.29 is 18.9 Å². The second-order valence-electron chi connectivity index (χ2n) is 3.63. The maximum atomic E-state index is 5.53. The maximum Gasteiger partial charge on any atom is 0.170 e. The van der Waals surface area contributed by atoms with Crippen LogP contribution in [0.1, 0.15) is 13.8 Å². The summed E-state index contributed by atoms with van der Waals surface area (Å²) in [5.41, 5.74) is 0. The minimum Gasteiger partial charge on any atom is -0.383 e. The number of ether oxygens (including phenoxy) is 4. The van der Waals surface area contributed by atoms with E-state index in [4.69, 9.17) is 18.9 Å². The second kappa shape index (κ2) is 12.3. The molecule has 0 aromatic carbocycles. The predicted molar refractivity (Wildman–Crippen MR) is 67.2 cm³/mol. The first kappa shape index (κ1) is 16.8. The van der Waals surface area contributed by atoms with E-state index in [0.29, 0.717) is 26.4 Å². The molecule has 0 saturated heterocycles. The van der Waals surface area contributed by atoms with Crippen molar-refractivity contribution in [3.8, 4) is 0 Å². The largest absolute Gasteiger partial charge is 0.383 e. The highest BCUT2D eigenvalue weighted by Gasteiger charge is 2.14. The standard InChI is InChI=1S/C12H27NO4/c1-5-16-12(17-6-2)11-13(7-9-14-3)8-10-15-4/h12H,5-11H2,1-4H3. The van der Waals surface area contributed by atoms with E-state index in [1.165, 1.54) is 0 Å². The lowest BCUT2D eigenvalue weighted by molar-refractivity contribution is -0.148. The molecule has 0 spiro atoms. The van der Waals surface area contributed by atoms with E-state index in [0.717, 1.165) is 19.6 Å². The molecule has 0 aromatic rings. The Morgan fingerprint density at radius 1 is 0.882 bits per heavy atom. The molecule has 0 aliphatic carbocycles. The monoisotopic (exact) mass is 249 g/mol. The molecule has 0 bridgehead atoms. The molecule has 104 valence electrons. The minimum absolute atomic E-state index is 0.168. The van der Waals surface area contributed by atoms with E-state index in [-0.39, 0.29) is 6.29 Å². The SMILES string of the molecule is CCOC(CN(CCOC)CCOC)OCC. The fourth-order valence-corrected chi connectivity index (χ4v) is 1.47. The van der Waals surface area contributed by atoms with Crippen molar-refractivity contribution in [3.63, 3.8) is 0 Å². The Morgan fingerprint density at radius 2 is 1.35 bits per heavy atom.